The Kier molecular flexibility index (Phi) is 7.80. The van der Waals surface area contributed by atoms with Crippen molar-refractivity contribution in [1.82, 2.24) is 10.3 Å². The van der Waals surface area contributed by atoms with Gasteiger partial charge in [0, 0.05) is 24.8 Å². The van der Waals surface area contributed by atoms with Crippen molar-refractivity contribution >= 4 is 0 Å². The third-order valence-electron chi connectivity index (χ3n) is 3.68. The Bertz CT molecular complexity index is 666. The first kappa shape index (κ1) is 20.1. The Hall–Kier alpha value is -2.19. The SMILES string of the molecule is Cc1ncc(C(O)O)cc1OCC(O)CNCC(C)Oc1ccccc1. The minimum absolute atomic E-state index is 0.0420. The summed E-state index contributed by atoms with van der Waals surface area (Å²) in [5.74, 6) is 1.22. The maximum Gasteiger partial charge on any atom is 0.180 e. The van der Waals surface area contributed by atoms with E-state index in [4.69, 9.17) is 9.47 Å². The third-order valence-corrected chi connectivity index (χ3v) is 3.68. The molecule has 0 radical (unpaired) electrons. The van der Waals surface area contributed by atoms with Crippen LogP contribution < -0.4 is 14.8 Å². The Labute approximate surface area is 153 Å². The van der Waals surface area contributed by atoms with E-state index < -0.39 is 12.4 Å². The van der Waals surface area contributed by atoms with Gasteiger partial charge in [0.1, 0.15) is 30.3 Å². The fraction of sp³-hybridized carbons (Fsp3) is 0.421. The average Bonchev–Trinajstić information content (AvgIpc) is 2.61. The fourth-order valence-corrected chi connectivity index (χ4v) is 2.29. The van der Waals surface area contributed by atoms with Crippen LogP contribution in [0, 0.1) is 6.92 Å². The Morgan fingerprint density at radius 3 is 2.54 bits per heavy atom. The quantitative estimate of drug-likeness (QED) is 0.470. The number of hydrogen-bond donors (Lipinski definition) is 4. The van der Waals surface area contributed by atoms with E-state index in [1.54, 1.807) is 6.92 Å². The molecule has 1 heterocycles. The molecule has 0 aliphatic heterocycles. The molecule has 1 aromatic heterocycles. The van der Waals surface area contributed by atoms with E-state index >= 15 is 0 Å². The van der Waals surface area contributed by atoms with E-state index in [-0.39, 0.29) is 18.3 Å². The van der Waals surface area contributed by atoms with Gasteiger partial charge in [-0.15, -0.1) is 0 Å². The number of ether oxygens (including phenoxy) is 2. The molecule has 0 aliphatic carbocycles. The number of aliphatic hydroxyl groups excluding tert-OH is 2. The third kappa shape index (κ3) is 6.61. The smallest absolute Gasteiger partial charge is 0.180 e. The number of aromatic nitrogens is 1. The molecular weight excluding hydrogens is 336 g/mol. The van der Waals surface area contributed by atoms with Crippen LogP contribution in [0.5, 0.6) is 11.5 Å². The van der Waals surface area contributed by atoms with Crippen LogP contribution in [-0.2, 0) is 0 Å². The lowest BCUT2D eigenvalue weighted by Crippen LogP contribution is -2.36. The number of nitrogens with zero attached hydrogens (tertiary/aromatic N) is 1. The number of rotatable bonds is 10. The summed E-state index contributed by atoms with van der Waals surface area (Å²) in [6, 6.07) is 11.1. The highest BCUT2D eigenvalue weighted by Gasteiger charge is 2.11. The molecule has 0 saturated heterocycles. The molecule has 1 aromatic carbocycles. The largest absolute Gasteiger partial charge is 0.489 e. The Morgan fingerprint density at radius 1 is 1.12 bits per heavy atom. The topological polar surface area (TPSA) is 104 Å². The van der Waals surface area contributed by atoms with E-state index in [1.807, 2.05) is 37.3 Å². The van der Waals surface area contributed by atoms with Crippen molar-refractivity contribution < 1.29 is 24.8 Å². The highest BCUT2D eigenvalue weighted by Crippen LogP contribution is 2.20. The molecular formula is C19H26N2O5. The molecule has 0 spiro atoms. The zero-order valence-electron chi connectivity index (χ0n) is 15.0. The monoisotopic (exact) mass is 362 g/mol. The minimum Gasteiger partial charge on any atom is -0.489 e. The molecule has 4 N–H and O–H groups in total. The van der Waals surface area contributed by atoms with Gasteiger partial charge in [0.25, 0.3) is 0 Å². The first-order valence-corrected chi connectivity index (χ1v) is 8.51. The summed E-state index contributed by atoms with van der Waals surface area (Å²) < 4.78 is 11.3. The molecule has 142 valence electrons. The molecule has 0 fully saturated rings. The van der Waals surface area contributed by atoms with Crippen molar-refractivity contribution in [3.63, 3.8) is 0 Å². The summed E-state index contributed by atoms with van der Waals surface area (Å²) in [5, 5.41) is 31.5. The van der Waals surface area contributed by atoms with E-state index in [1.165, 1.54) is 12.3 Å². The van der Waals surface area contributed by atoms with Gasteiger partial charge in [0.15, 0.2) is 6.29 Å². The summed E-state index contributed by atoms with van der Waals surface area (Å²) in [6.45, 7) is 4.68. The summed E-state index contributed by atoms with van der Waals surface area (Å²) in [4.78, 5) is 4.04. The highest BCUT2D eigenvalue weighted by molar-refractivity contribution is 5.31. The Morgan fingerprint density at radius 2 is 1.85 bits per heavy atom. The number of pyridine rings is 1. The number of nitrogens with one attached hydrogen (secondary N) is 1. The lowest BCUT2D eigenvalue weighted by Gasteiger charge is -2.18. The molecule has 0 bridgehead atoms. The maximum absolute atomic E-state index is 10.0. The maximum atomic E-state index is 10.0. The minimum atomic E-state index is -1.61. The van der Waals surface area contributed by atoms with Crippen LogP contribution >= 0.6 is 0 Å². The van der Waals surface area contributed by atoms with Crippen molar-refractivity contribution in [3.8, 4) is 11.5 Å². The molecule has 2 atom stereocenters. The van der Waals surface area contributed by atoms with Gasteiger partial charge in [-0.25, -0.2) is 0 Å². The lowest BCUT2D eigenvalue weighted by molar-refractivity contribution is -0.0429. The lowest BCUT2D eigenvalue weighted by atomic mass is 10.2. The Balaban J connectivity index is 1.70. The van der Waals surface area contributed by atoms with E-state index in [0.29, 0.717) is 24.5 Å². The van der Waals surface area contributed by atoms with Gasteiger partial charge >= 0.3 is 0 Å². The fourth-order valence-electron chi connectivity index (χ4n) is 2.29. The summed E-state index contributed by atoms with van der Waals surface area (Å²) in [7, 11) is 0. The summed E-state index contributed by atoms with van der Waals surface area (Å²) in [6.07, 6.45) is -0.997. The number of aryl methyl sites for hydroxylation is 1. The van der Waals surface area contributed by atoms with Crippen molar-refractivity contribution in [2.45, 2.75) is 32.3 Å². The normalized spacial score (nSPS) is 13.5. The molecule has 7 heteroatoms. The van der Waals surface area contributed by atoms with Gasteiger partial charge in [-0.2, -0.15) is 0 Å². The molecule has 0 saturated carbocycles. The summed E-state index contributed by atoms with van der Waals surface area (Å²) in [5.41, 5.74) is 0.851. The first-order chi connectivity index (χ1) is 12.5. The van der Waals surface area contributed by atoms with Crippen LogP contribution in [0.15, 0.2) is 42.6 Å². The zero-order valence-corrected chi connectivity index (χ0v) is 15.0. The van der Waals surface area contributed by atoms with Crippen molar-refractivity contribution in [1.29, 1.82) is 0 Å². The zero-order chi connectivity index (χ0) is 18.9. The van der Waals surface area contributed by atoms with Crippen LogP contribution in [-0.4, -0.2) is 52.2 Å². The number of aliphatic hydroxyl groups is 3. The highest BCUT2D eigenvalue weighted by atomic mass is 16.5. The molecule has 2 aromatic rings. The second kappa shape index (κ2) is 10.1. The molecule has 2 rings (SSSR count). The standard InChI is InChI=1S/C19H26N2O5/c1-13(26-17-6-4-3-5-7-17)9-20-11-16(22)12-25-18-8-15(19(23)24)10-21-14(18)2/h3-8,10,13,16,19-20,22-24H,9,11-12H2,1-2H3. The van der Waals surface area contributed by atoms with E-state index in [9.17, 15) is 15.3 Å². The van der Waals surface area contributed by atoms with Crippen LogP contribution in [0.3, 0.4) is 0 Å². The van der Waals surface area contributed by atoms with Gasteiger partial charge < -0.3 is 30.1 Å². The van der Waals surface area contributed by atoms with E-state index in [2.05, 4.69) is 10.3 Å². The predicted octanol–water partition coefficient (Wildman–Crippen LogP) is 1.17. The van der Waals surface area contributed by atoms with Gasteiger partial charge in [-0.05, 0) is 32.0 Å². The number of benzene rings is 1. The summed E-state index contributed by atoms with van der Waals surface area (Å²) >= 11 is 0. The molecule has 0 aliphatic rings. The van der Waals surface area contributed by atoms with Crippen molar-refractivity contribution in [3.05, 3.63) is 53.9 Å². The van der Waals surface area contributed by atoms with Crippen LogP contribution in [0.4, 0.5) is 0 Å². The van der Waals surface area contributed by atoms with Crippen LogP contribution in [0.2, 0.25) is 0 Å². The number of hydrogen-bond acceptors (Lipinski definition) is 7. The van der Waals surface area contributed by atoms with Gasteiger partial charge in [0.05, 0.1) is 5.69 Å². The second-order valence-electron chi connectivity index (χ2n) is 6.09. The molecule has 7 nitrogen and oxygen atoms in total. The molecule has 0 amide bonds. The number of para-hydroxylation sites is 1. The first-order valence-electron chi connectivity index (χ1n) is 8.51. The van der Waals surface area contributed by atoms with Crippen LogP contribution in [0.25, 0.3) is 0 Å². The van der Waals surface area contributed by atoms with Gasteiger partial charge in [0.2, 0.25) is 0 Å². The van der Waals surface area contributed by atoms with Gasteiger partial charge in [-0.1, -0.05) is 18.2 Å². The van der Waals surface area contributed by atoms with Gasteiger partial charge in [-0.3, -0.25) is 4.98 Å². The second-order valence-corrected chi connectivity index (χ2v) is 6.09. The van der Waals surface area contributed by atoms with Crippen LogP contribution in [0.1, 0.15) is 24.5 Å². The van der Waals surface area contributed by atoms with Crippen molar-refractivity contribution in [2.24, 2.45) is 0 Å². The predicted molar refractivity (Wildman–Crippen MR) is 97.1 cm³/mol. The van der Waals surface area contributed by atoms with E-state index in [0.717, 1.165) is 5.75 Å². The molecule has 26 heavy (non-hydrogen) atoms. The molecule has 2 unspecified atom stereocenters. The van der Waals surface area contributed by atoms with Crippen molar-refractivity contribution in [2.75, 3.05) is 19.7 Å². The average molecular weight is 362 g/mol.